The first kappa shape index (κ1) is 13.8. The fourth-order valence-corrected chi connectivity index (χ4v) is 3.37. The molecule has 0 atom stereocenters. The lowest BCUT2D eigenvalue weighted by Crippen LogP contribution is -2.33. The molecule has 1 amide bonds. The summed E-state index contributed by atoms with van der Waals surface area (Å²) in [6.45, 7) is 6.18. The van der Waals surface area contributed by atoms with Gasteiger partial charge in [0.1, 0.15) is 0 Å². The average molecular weight is 281 g/mol. The van der Waals surface area contributed by atoms with Crippen LogP contribution in [-0.2, 0) is 0 Å². The minimum Gasteiger partial charge on any atom is -0.338 e. The van der Waals surface area contributed by atoms with E-state index in [1.54, 1.807) is 0 Å². The van der Waals surface area contributed by atoms with Gasteiger partial charge in [-0.25, -0.2) is 0 Å². The number of amides is 1. The lowest BCUT2D eigenvalue weighted by molar-refractivity contribution is 0.0764. The van der Waals surface area contributed by atoms with Gasteiger partial charge in [-0.15, -0.1) is 12.6 Å². The number of nitrogens with zero attached hydrogens (tertiary/aromatic N) is 1. The second-order valence-corrected chi connectivity index (χ2v) is 7.52. The molecule has 1 aliphatic heterocycles. The molecule has 1 saturated heterocycles. The quantitative estimate of drug-likeness (QED) is 0.797. The summed E-state index contributed by atoms with van der Waals surface area (Å²) in [5.74, 6) is 1.14. The molecule has 18 heavy (non-hydrogen) atoms. The Hall–Kier alpha value is -0.610. The Morgan fingerprint density at radius 2 is 2.17 bits per heavy atom. The lowest BCUT2D eigenvalue weighted by Gasteiger charge is -2.22. The second kappa shape index (κ2) is 5.57. The van der Waals surface area contributed by atoms with Crippen molar-refractivity contribution in [1.82, 2.24) is 4.90 Å². The molecule has 0 saturated carbocycles. The monoisotopic (exact) mass is 281 g/mol. The normalized spacial score (nSPS) is 19.4. The predicted molar refractivity (Wildman–Crippen MR) is 80.8 cm³/mol. The van der Waals surface area contributed by atoms with Gasteiger partial charge >= 0.3 is 0 Å². The van der Waals surface area contributed by atoms with E-state index in [0.717, 1.165) is 35.7 Å². The first-order valence-electron chi connectivity index (χ1n) is 6.20. The highest BCUT2D eigenvalue weighted by atomic mass is 32.2. The van der Waals surface area contributed by atoms with E-state index < -0.39 is 0 Å². The smallest absolute Gasteiger partial charge is 0.253 e. The Morgan fingerprint density at radius 3 is 2.89 bits per heavy atom. The molecule has 0 spiro atoms. The Morgan fingerprint density at radius 1 is 1.39 bits per heavy atom. The first-order valence-corrected chi connectivity index (χ1v) is 7.63. The SMILES string of the molecule is CC1(C)CCN(C(=O)c2cccc(S)c2)CCS1. The molecule has 2 nitrogen and oxygen atoms in total. The van der Waals surface area contributed by atoms with Crippen molar-refractivity contribution in [2.24, 2.45) is 0 Å². The van der Waals surface area contributed by atoms with Crippen molar-refractivity contribution < 1.29 is 4.79 Å². The molecule has 0 radical (unpaired) electrons. The van der Waals surface area contributed by atoms with E-state index in [0.29, 0.717) is 0 Å². The highest BCUT2D eigenvalue weighted by molar-refractivity contribution is 8.00. The zero-order chi connectivity index (χ0) is 13.2. The second-order valence-electron chi connectivity index (χ2n) is 5.20. The van der Waals surface area contributed by atoms with Gasteiger partial charge in [-0.3, -0.25) is 4.79 Å². The van der Waals surface area contributed by atoms with Crippen molar-refractivity contribution in [1.29, 1.82) is 0 Å². The Bertz CT molecular complexity index is 445. The fraction of sp³-hybridized carbons (Fsp3) is 0.500. The minimum atomic E-state index is 0.129. The molecule has 1 fully saturated rings. The molecule has 4 heteroatoms. The molecule has 2 rings (SSSR count). The van der Waals surface area contributed by atoms with Crippen molar-refractivity contribution in [3.63, 3.8) is 0 Å². The molecule has 0 N–H and O–H groups in total. The van der Waals surface area contributed by atoms with Crippen molar-refractivity contribution in [2.45, 2.75) is 29.9 Å². The van der Waals surface area contributed by atoms with Crippen molar-refractivity contribution in [3.8, 4) is 0 Å². The largest absolute Gasteiger partial charge is 0.338 e. The third kappa shape index (κ3) is 3.45. The van der Waals surface area contributed by atoms with Crippen LogP contribution in [0.3, 0.4) is 0 Å². The van der Waals surface area contributed by atoms with E-state index in [-0.39, 0.29) is 10.7 Å². The van der Waals surface area contributed by atoms with Gasteiger partial charge in [-0.1, -0.05) is 19.9 Å². The highest BCUT2D eigenvalue weighted by Crippen LogP contribution is 2.31. The van der Waals surface area contributed by atoms with Crippen LogP contribution in [0.15, 0.2) is 29.2 Å². The Balaban J connectivity index is 2.10. The van der Waals surface area contributed by atoms with E-state index in [2.05, 4.69) is 26.5 Å². The third-order valence-corrected chi connectivity index (χ3v) is 4.87. The summed E-state index contributed by atoms with van der Waals surface area (Å²) < 4.78 is 0.278. The topological polar surface area (TPSA) is 20.3 Å². The van der Waals surface area contributed by atoms with Crippen molar-refractivity contribution in [2.75, 3.05) is 18.8 Å². The van der Waals surface area contributed by atoms with E-state index in [4.69, 9.17) is 0 Å². The maximum Gasteiger partial charge on any atom is 0.253 e. The van der Waals surface area contributed by atoms with Crippen molar-refractivity contribution in [3.05, 3.63) is 29.8 Å². The van der Waals surface area contributed by atoms with Crippen LogP contribution in [0.1, 0.15) is 30.6 Å². The number of carbonyl (C=O) groups is 1. The molecule has 1 aromatic carbocycles. The van der Waals surface area contributed by atoms with E-state index >= 15 is 0 Å². The van der Waals surface area contributed by atoms with E-state index in [9.17, 15) is 4.79 Å². The highest BCUT2D eigenvalue weighted by Gasteiger charge is 2.26. The molecular formula is C14H19NOS2. The summed E-state index contributed by atoms with van der Waals surface area (Å²) in [7, 11) is 0. The van der Waals surface area contributed by atoms with Crippen molar-refractivity contribution >= 4 is 30.3 Å². The summed E-state index contributed by atoms with van der Waals surface area (Å²) in [4.78, 5) is 15.2. The molecule has 0 bridgehead atoms. The van der Waals surface area contributed by atoms with Crippen LogP contribution in [0.25, 0.3) is 0 Å². The van der Waals surface area contributed by atoms with Gasteiger partial charge in [0.05, 0.1) is 0 Å². The molecule has 1 aliphatic rings. The number of thiol groups is 1. The summed E-state index contributed by atoms with van der Waals surface area (Å²) in [6, 6.07) is 7.48. The molecule has 98 valence electrons. The number of hydrogen-bond acceptors (Lipinski definition) is 3. The van der Waals surface area contributed by atoms with Gasteiger partial charge in [0.2, 0.25) is 0 Å². The number of carbonyl (C=O) groups excluding carboxylic acids is 1. The molecule has 0 unspecified atom stereocenters. The van der Waals surface area contributed by atoms with Crippen LogP contribution in [0.4, 0.5) is 0 Å². The lowest BCUT2D eigenvalue weighted by atomic mass is 10.1. The van der Waals surface area contributed by atoms with Crippen LogP contribution >= 0.6 is 24.4 Å². The van der Waals surface area contributed by atoms with Gasteiger partial charge in [-0.05, 0) is 24.6 Å². The molecule has 1 aromatic rings. The first-order chi connectivity index (χ1) is 8.48. The van der Waals surface area contributed by atoms with Gasteiger partial charge < -0.3 is 4.90 Å². The van der Waals surface area contributed by atoms with E-state index in [1.165, 1.54) is 0 Å². The predicted octanol–water partition coefficient (Wildman–Crippen LogP) is 3.33. The number of rotatable bonds is 1. The molecule has 0 aromatic heterocycles. The van der Waals surface area contributed by atoms with Crippen LogP contribution in [0.5, 0.6) is 0 Å². The third-order valence-electron chi connectivity index (χ3n) is 3.22. The maximum atomic E-state index is 12.4. The van der Waals surface area contributed by atoms with Crippen LogP contribution in [-0.4, -0.2) is 34.4 Å². The van der Waals surface area contributed by atoms with Gasteiger partial charge in [0.15, 0.2) is 0 Å². The van der Waals surface area contributed by atoms with E-state index in [1.807, 2.05) is 40.9 Å². The Kier molecular flexibility index (Phi) is 4.28. The van der Waals surface area contributed by atoms with Gasteiger partial charge in [0, 0.05) is 34.0 Å². The summed E-state index contributed by atoms with van der Waals surface area (Å²) in [6.07, 6.45) is 1.05. The minimum absolute atomic E-state index is 0.129. The van der Waals surface area contributed by atoms with Gasteiger partial charge in [0.25, 0.3) is 5.91 Å². The van der Waals surface area contributed by atoms with Crippen LogP contribution in [0.2, 0.25) is 0 Å². The number of benzene rings is 1. The molecule has 1 heterocycles. The molecular weight excluding hydrogens is 262 g/mol. The Labute approximate surface area is 119 Å². The molecule has 0 aliphatic carbocycles. The number of thioether (sulfide) groups is 1. The number of hydrogen-bond donors (Lipinski definition) is 1. The fourth-order valence-electron chi connectivity index (χ4n) is 2.04. The zero-order valence-electron chi connectivity index (χ0n) is 10.8. The van der Waals surface area contributed by atoms with Gasteiger partial charge in [-0.2, -0.15) is 11.8 Å². The summed E-state index contributed by atoms with van der Waals surface area (Å²) in [5, 5.41) is 0. The maximum absolute atomic E-state index is 12.4. The standard InChI is InChI=1S/C14H19NOS2/c1-14(2)6-7-15(8-9-18-14)13(16)11-4-3-5-12(17)10-11/h3-5,10,17H,6-9H2,1-2H3. The average Bonchev–Trinajstić information content (AvgIpc) is 2.49. The van der Waals surface area contributed by atoms with Crippen LogP contribution < -0.4 is 0 Å². The van der Waals surface area contributed by atoms with Crippen LogP contribution in [0, 0.1) is 0 Å². The summed E-state index contributed by atoms with van der Waals surface area (Å²) in [5.41, 5.74) is 0.743. The zero-order valence-corrected chi connectivity index (χ0v) is 12.6. The summed E-state index contributed by atoms with van der Waals surface area (Å²) >= 11 is 6.24.